The van der Waals surface area contributed by atoms with Gasteiger partial charge < -0.3 is 9.84 Å². The maximum absolute atomic E-state index is 11.8. The molecule has 8 heteroatoms. The summed E-state index contributed by atoms with van der Waals surface area (Å²) in [5, 5.41) is 7.62. The monoisotopic (exact) mass is 222 g/mol. The number of carboxylic acid groups (broad SMARTS) is 1. The summed E-state index contributed by atoms with van der Waals surface area (Å²) >= 11 is 0. The van der Waals surface area contributed by atoms with Crippen molar-refractivity contribution in [1.82, 2.24) is 0 Å². The lowest BCUT2D eigenvalue weighted by Gasteiger charge is -2.17. The minimum Gasteiger partial charge on any atom is -0.450 e. The van der Waals surface area contributed by atoms with Crippen molar-refractivity contribution in [1.29, 1.82) is 0 Å². The van der Waals surface area contributed by atoms with Crippen molar-refractivity contribution in [3.63, 3.8) is 0 Å². The Balaban J connectivity index is 0. The maximum atomic E-state index is 11.8. The third kappa shape index (κ3) is 5.33. The Labute approximate surface area is 75.8 Å². The van der Waals surface area contributed by atoms with E-state index in [-0.39, 0.29) is 0 Å². The largest absolute Gasteiger partial charge is 0.505 e. The van der Waals surface area contributed by atoms with Crippen LogP contribution in [-0.2, 0) is 4.74 Å². The van der Waals surface area contributed by atoms with Crippen LogP contribution < -0.4 is 0 Å². The van der Waals surface area contributed by atoms with Crippen molar-refractivity contribution >= 4 is 6.16 Å². The summed E-state index contributed by atoms with van der Waals surface area (Å²) in [6, 6.07) is 0. The summed E-state index contributed by atoms with van der Waals surface area (Å²) in [5.74, 6) is -5.13. The van der Waals surface area contributed by atoms with Gasteiger partial charge in [-0.3, -0.25) is 0 Å². The van der Waals surface area contributed by atoms with Gasteiger partial charge in [-0.25, -0.2) is 4.79 Å². The zero-order chi connectivity index (χ0) is 12.0. The number of rotatable bonds is 2. The Morgan fingerprint density at radius 3 is 1.79 bits per heavy atom. The highest BCUT2D eigenvalue weighted by Crippen LogP contribution is 2.35. The predicted octanol–water partition coefficient (Wildman–Crippen LogP) is 2.68. The highest BCUT2D eigenvalue weighted by atomic mass is 19.4. The van der Waals surface area contributed by atoms with Gasteiger partial charge in [-0.15, -0.1) is 13.2 Å². The SMILES string of the molecule is C=C.O=C(O)OCC(F)(F)C(F)(F)F. The van der Waals surface area contributed by atoms with Gasteiger partial charge in [0.2, 0.25) is 0 Å². The summed E-state index contributed by atoms with van der Waals surface area (Å²) in [6.45, 7) is 3.78. The molecule has 0 spiro atoms. The van der Waals surface area contributed by atoms with Crippen LogP contribution in [0.5, 0.6) is 0 Å². The van der Waals surface area contributed by atoms with Gasteiger partial charge >= 0.3 is 18.3 Å². The topological polar surface area (TPSA) is 46.5 Å². The lowest BCUT2D eigenvalue weighted by atomic mass is 10.3. The minimum atomic E-state index is -5.79. The molecule has 3 nitrogen and oxygen atoms in total. The maximum Gasteiger partial charge on any atom is 0.505 e. The number of halogens is 5. The van der Waals surface area contributed by atoms with E-state index in [4.69, 9.17) is 5.11 Å². The van der Waals surface area contributed by atoms with Crippen molar-refractivity contribution in [2.45, 2.75) is 12.1 Å². The van der Waals surface area contributed by atoms with Crippen LogP contribution in [0.3, 0.4) is 0 Å². The van der Waals surface area contributed by atoms with Crippen LogP contribution in [0.15, 0.2) is 13.2 Å². The Morgan fingerprint density at radius 2 is 1.57 bits per heavy atom. The van der Waals surface area contributed by atoms with Gasteiger partial charge in [0.1, 0.15) is 0 Å². The molecule has 0 aromatic heterocycles. The van der Waals surface area contributed by atoms with Gasteiger partial charge in [0.25, 0.3) is 0 Å². The van der Waals surface area contributed by atoms with Crippen LogP contribution in [-0.4, -0.2) is 30.0 Å². The molecule has 0 aliphatic rings. The predicted molar refractivity (Wildman–Crippen MR) is 36.2 cm³/mol. The van der Waals surface area contributed by atoms with Crippen molar-refractivity contribution in [3.8, 4) is 0 Å². The lowest BCUT2D eigenvalue weighted by Crippen LogP contribution is -2.41. The number of carbonyl (C=O) groups is 1. The smallest absolute Gasteiger partial charge is 0.450 e. The molecule has 0 bridgehead atoms. The molecule has 0 atom stereocenters. The molecule has 14 heavy (non-hydrogen) atoms. The van der Waals surface area contributed by atoms with E-state index in [1.165, 1.54) is 0 Å². The van der Waals surface area contributed by atoms with Gasteiger partial charge in [-0.1, -0.05) is 0 Å². The molecule has 0 amide bonds. The Morgan fingerprint density at radius 1 is 1.21 bits per heavy atom. The quantitative estimate of drug-likeness (QED) is 0.443. The van der Waals surface area contributed by atoms with E-state index in [9.17, 15) is 26.7 Å². The first-order chi connectivity index (χ1) is 6.17. The molecule has 0 saturated carbocycles. The highest BCUT2D eigenvalue weighted by Gasteiger charge is 2.58. The van der Waals surface area contributed by atoms with Gasteiger partial charge in [-0.05, 0) is 0 Å². The van der Waals surface area contributed by atoms with E-state index < -0.39 is 24.9 Å². The third-order valence-electron chi connectivity index (χ3n) is 0.792. The first-order valence-electron chi connectivity index (χ1n) is 2.97. The summed E-state index contributed by atoms with van der Waals surface area (Å²) in [4.78, 5) is 9.45. The molecule has 1 N–H and O–H groups in total. The van der Waals surface area contributed by atoms with Crippen molar-refractivity contribution in [2.75, 3.05) is 6.61 Å². The van der Waals surface area contributed by atoms with E-state index in [0.717, 1.165) is 0 Å². The van der Waals surface area contributed by atoms with Gasteiger partial charge in [0.05, 0.1) is 0 Å². The molecule has 0 aromatic carbocycles. The average Bonchev–Trinajstić information content (AvgIpc) is 2.03. The number of hydrogen-bond acceptors (Lipinski definition) is 2. The highest BCUT2D eigenvalue weighted by molar-refractivity contribution is 5.56. The molecule has 0 saturated heterocycles. The summed E-state index contributed by atoms with van der Waals surface area (Å²) in [7, 11) is 0. The van der Waals surface area contributed by atoms with E-state index in [0.29, 0.717) is 0 Å². The van der Waals surface area contributed by atoms with Crippen molar-refractivity contribution in [3.05, 3.63) is 13.2 Å². The van der Waals surface area contributed by atoms with E-state index in [1.807, 2.05) is 0 Å². The zero-order valence-electron chi connectivity index (χ0n) is 6.77. The van der Waals surface area contributed by atoms with E-state index >= 15 is 0 Å². The number of hydrogen-bond donors (Lipinski definition) is 1. The first-order valence-corrected chi connectivity index (χ1v) is 2.97. The molecule has 0 aliphatic heterocycles. The van der Waals surface area contributed by atoms with Crippen LogP contribution in [0, 0.1) is 0 Å². The molecule has 0 aromatic rings. The Hall–Kier alpha value is -1.34. The molecule has 0 heterocycles. The Bertz CT molecular complexity index is 188. The van der Waals surface area contributed by atoms with Gasteiger partial charge in [0.15, 0.2) is 6.61 Å². The van der Waals surface area contributed by atoms with E-state index in [2.05, 4.69) is 17.9 Å². The van der Waals surface area contributed by atoms with Gasteiger partial charge in [-0.2, -0.15) is 22.0 Å². The fraction of sp³-hybridized carbons (Fsp3) is 0.500. The van der Waals surface area contributed by atoms with Crippen LogP contribution in [0.4, 0.5) is 26.7 Å². The number of alkyl halides is 5. The fourth-order valence-corrected chi connectivity index (χ4v) is 0.234. The standard InChI is InChI=1S/C4H3F5O3.C2H4/c5-3(6,4(7,8)9)1-12-2(10)11;1-2/h1H2,(H,10,11);1-2H2. The molecule has 0 aliphatic carbocycles. The van der Waals surface area contributed by atoms with Crippen molar-refractivity contribution in [2.24, 2.45) is 0 Å². The third-order valence-corrected chi connectivity index (χ3v) is 0.792. The molecular weight excluding hydrogens is 215 g/mol. The first kappa shape index (κ1) is 15.1. The zero-order valence-corrected chi connectivity index (χ0v) is 6.77. The van der Waals surface area contributed by atoms with Crippen LogP contribution >= 0.6 is 0 Å². The van der Waals surface area contributed by atoms with Crippen LogP contribution in [0.25, 0.3) is 0 Å². The fourth-order valence-electron chi connectivity index (χ4n) is 0.234. The van der Waals surface area contributed by atoms with E-state index in [1.54, 1.807) is 0 Å². The normalized spacial score (nSPS) is 11.2. The summed E-state index contributed by atoms with van der Waals surface area (Å²) < 4.78 is 60.4. The molecule has 0 unspecified atom stereocenters. The van der Waals surface area contributed by atoms with Crippen LogP contribution in [0.1, 0.15) is 0 Å². The molecule has 84 valence electrons. The second-order valence-electron chi connectivity index (χ2n) is 1.76. The Kier molecular flexibility index (Phi) is 5.85. The van der Waals surface area contributed by atoms with Crippen LogP contribution in [0.2, 0.25) is 0 Å². The van der Waals surface area contributed by atoms with Gasteiger partial charge in [0, 0.05) is 0 Å². The summed E-state index contributed by atoms with van der Waals surface area (Å²) in [5.41, 5.74) is 0. The second-order valence-corrected chi connectivity index (χ2v) is 1.76. The summed E-state index contributed by atoms with van der Waals surface area (Å²) in [6.07, 6.45) is -7.97. The molecule has 0 radical (unpaired) electrons. The average molecular weight is 222 g/mol. The molecule has 0 rings (SSSR count). The van der Waals surface area contributed by atoms with Crippen molar-refractivity contribution < 1.29 is 36.6 Å². The molecular formula is C6H7F5O3. The molecule has 0 fully saturated rings. The second kappa shape index (κ2) is 5.40. The lowest BCUT2D eigenvalue weighted by molar-refractivity contribution is -0.292. The minimum absolute atomic E-state index is 2.18. The number of ether oxygens (including phenoxy) is 1.